The van der Waals surface area contributed by atoms with Gasteiger partial charge in [-0.2, -0.15) is 0 Å². The summed E-state index contributed by atoms with van der Waals surface area (Å²) in [5, 5.41) is 3.52. The zero-order valence-electron chi connectivity index (χ0n) is 12.0. The second-order valence-corrected chi connectivity index (χ2v) is 6.15. The lowest BCUT2D eigenvalue weighted by atomic mass is 10.1. The summed E-state index contributed by atoms with van der Waals surface area (Å²) >= 11 is 0. The van der Waals surface area contributed by atoms with E-state index in [9.17, 15) is 0 Å². The van der Waals surface area contributed by atoms with Gasteiger partial charge in [0.2, 0.25) is 0 Å². The Morgan fingerprint density at radius 3 is 2.89 bits per heavy atom. The number of aryl methyl sites for hydroxylation is 1. The van der Waals surface area contributed by atoms with Crippen molar-refractivity contribution >= 4 is 0 Å². The van der Waals surface area contributed by atoms with Gasteiger partial charge in [-0.05, 0) is 40.5 Å². The van der Waals surface area contributed by atoms with E-state index in [0.717, 1.165) is 25.5 Å². The molecule has 1 saturated heterocycles. The highest BCUT2D eigenvalue weighted by Crippen LogP contribution is 2.16. The van der Waals surface area contributed by atoms with Crippen LogP contribution in [0.3, 0.4) is 0 Å². The number of aromatic nitrogens is 2. The summed E-state index contributed by atoms with van der Waals surface area (Å²) in [4.78, 5) is 4.43. The van der Waals surface area contributed by atoms with Crippen LogP contribution < -0.4 is 5.32 Å². The first-order valence-corrected chi connectivity index (χ1v) is 6.83. The number of hydrogen-bond acceptors (Lipinski definition) is 3. The SMILES string of the molecule is Cc1ncc(CNC(C)(C)C)n1CC1CCCO1. The second kappa shape index (κ2) is 5.41. The Bertz CT molecular complexity index is 386. The number of nitrogens with one attached hydrogen (secondary N) is 1. The van der Waals surface area contributed by atoms with Crippen LogP contribution in [0.5, 0.6) is 0 Å². The average molecular weight is 251 g/mol. The van der Waals surface area contributed by atoms with Gasteiger partial charge in [-0.1, -0.05) is 0 Å². The molecule has 1 atom stereocenters. The maximum atomic E-state index is 5.71. The molecule has 0 radical (unpaired) electrons. The molecule has 4 heteroatoms. The largest absolute Gasteiger partial charge is 0.376 e. The van der Waals surface area contributed by atoms with E-state index < -0.39 is 0 Å². The van der Waals surface area contributed by atoms with E-state index in [2.05, 4.69) is 42.6 Å². The summed E-state index contributed by atoms with van der Waals surface area (Å²) in [5.41, 5.74) is 1.38. The molecule has 1 N–H and O–H groups in total. The molecule has 1 aromatic heterocycles. The first-order valence-electron chi connectivity index (χ1n) is 6.83. The Hall–Kier alpha value is -0.870. The van der Waals surface area contributed by atoms with Gasteiger partial charge >= 0.3 is 0 Å². The van der Waals surface area contributed by atoms with Crippen LogP contribution >= 0.6 is 0 Å². The summed E-state index contributed by atoms with van der Waals surface area (Å²) in [7, 11) is 0. The molecule has 2 rings (SSSR count). The lowest BCUT2D eigenvalue weighted by Crippen LogP contribution is -2.36. The van der Waals surface area contributed by atoms with E-state index in [-0.39, 0.29) is 5.54 Å². The molecule has 0 bridgehead atoms. The highest BCUT2D eigenvalue weighted by molar-refractivity contribution is 5.05. The van der Waals surface area contributed by atoms with Crippen molar-refractivity contribution in [1.82, 2.24) is 14.9 Å². The van der Waals surface area contributed by atoms with Crippen LogP contribution in [-0.2, 0) is 17.8 Å². The van der Waals surface area contributed by atoms with E-state index >= 15 is 0 Å². The van der Waals surface area contributed by atoms with Crippen molar-refractivity contribution in [3.05, 3.63) is 17.7 Å². The number of ether oxygens (including phenoxy) is 1. The molecule has 0 aliphatic carbocycles. The van der Waals surface area contributed by atoms with E-state index in [4.69, 9.17) is 4.74 Å². The molecular weight excluding hydrogens is 226 g/mol. The summed E-state index contributed by atoms with van der Waals surface area (Å²) in [6.07, 6.45) is 4.70. The maximum Gasteiger partial charge on any atom is 0.105 e. The molecule has 102 valence electrons. The first kappa shape index (κ1) is 13.6. The Labute approximate surface area is 110 Å². The molecule has 1 aliphatic heterocycles. The zero-order valence-corrected chi connectivity index (χ0v) is 12.0. The van der Waals surface area contributed by atoms with Gasteiger partial charge in [0.15, 0.2) is 0 Å². The minimum Gasteiger partial charge on any atom is -0.376 e. The standard InChI is InChI=1S/C14H25N3O/c1-11-15-8-12(9-16-14(2,3)4)17(11)10-13-6-5-7-18-13/h8,13,16H,5-7,9-10H2,1-4H3. The Morgan fingerprint density at radius 2 is 2.28 bits per heavy atom. The Kier molecular flexibility index (Phi) is 4.07. The average Bonchev–Trinajstić information content (AvgIpc) is 2.88. The van der Waals surface area contributed by atoms with Gasteiger partial charge < -0.3 is 14.6 Å². The Morgan fingerprint density at radius 1 is 1.50 bits per heavy atom. The first-order chi connectivity index (χ1) is 8.46. The minimum atomic E-state index is 0.132. The van der Waals surface area contributed by atoms with E-state index in [1.807, 2.05) is 6.20 Å². The summed E-state index contributed by atoms with van der Waals surface area (Å²) in [6.45, 7) is 11.3. The van der Waals surface area contributed by atoms with Crippen LogP contribution in [-0.4, -0.2) is 27.8 Å². The van der Waals surface area contributed by atoms with E-state index in [1.54, 1.807) is 0 Å². The van der Waals surface area contributed by atoms with Crippen molar-refractivity contribution in [3.63, 3.8) is 0 Å². The highest BCUT2D eigenvalue weighted by Gasteiger charge is 2.19. The third kappa shape index (κ3) is 3.56. The minimum absolute atomic E-state index is 0.132. The summed E-state index contributed by atoms with van der Waals surface area (Å²) < 4.78 is 8.00. The van der Waals surface area contributed by atoms with Gasteiger partial charge in [-0.15, -0.1) is 0 Å². The van der Waals surface area contributed by atoms with E-state index in [0.29, 0.717) is 6.10 Å². The molecule has 0 saturated carbocycles. The molecule has 1 unspecified atom stereocenters. The molecule has 1 aromatic rings. The quantitative estimate of drug-likeness (QED) is 0.892. The topological polar surface area (TPSA) is 39.1 Å². The van der Waals surface area contributed by atoms with Gasteiger partial charge in [0.05, 0.1) is 18.3 Å². The van der Waals surface area contributed by atoms with Crippen molar-refractivity contribution < 1.29 is 4.74 Å². The van der Waals surface area contributed by atoms with Gasteiger partial charge in [0, 0.05) is 24.9 Å². The highest BCUT2D eigenvalue weighted by atomic mass is 16.5. The molecule has 4 nitrogen and oxygen atoms in total. The second-order valence-electron chi connectivity index (χ2n) is 6.15. The van der Waals surface area contributed by atoms with Crippen molar-refractivity contribution in [2.45, 2.75) is 65.3 Å². The molecule has 1 fully saturated rings. The molecular formula is C14H25N3O. The predicted molar refractivity (Wildman–Crippen MR) is 72.5 cm³/mol. The lowest BCUT2D eigenvalue weighted by molar-refractivity contribution is 0.0956. The van der Waals surface area contributed by atoms with Crippen LogP contribution in [0.4, 0.5) is 0 Å². The number of nitrogens with zero attached hydrogens (tertiary/aromatic N) is 2. The lowest BCUT2D eigenvalue weighted by Gasteiger charge is -2.22. The fourth-order valence-corrected chi connectivity index (χ4v) is 2.25. The van der Waals surface area contributed by atoms with Gasteiger partial charge in [-0.3, -0.25) is 0 Å². The maximum absolute atomic E-state index is 5.71. The molecule has 0 aromatic carbocycles. The van der Waals surface area contributed by atoms with Crippen molar-refractivity contribution in [2.75, 3.05) is 6.61 Å². The van der Waals surface area contributed by atoms with Gasteiger partial charge in [-0.25, -0.2) is 4.98 Å². The van der Waals surface area contributed by atoms with Crippen LogP contribution in [0, 0.1) is 6.92 Å². The number of rotatable bonds is 4. The van der Waals surface area contributed by atoms with E-state index in [1.165, 1.54) is 18.5 Å². The summed E-state index contributed by atoms with van der Waals surface area (Å²) in [6, 6.07) is 0. The van der Waals surface area contributed by atoms with Crippen LogP contribution in [0.1, 0.15) is 45.1 Å². The molecule has 0 spiro atoms. The summed E-state index contributed by atoms with van der Waals surface area (Å²) in [5.74, 6) is 1.08. The van der Waals surface area contributed by atoms with Gasteiger partial charge in [0.1, 0.15) is 5.82 Å². The fourth-order valence-electron chi connectivity index (χ4n) is 2.25. The monoisotopic (exact) mass is 251 g/mol. The molecule has 18 heavy (non-hydrogen) atoms. The van der Waals surface area contributed by atoms with Gasteiger partial charge in [0.25, 0.3) is 0 Å². The third-order valence-electron chi connectivity index (χ3n) is 3.35. The van der Waals surface area contributed by atoms with Crippen molar-refractivity contribution in [3.8, 4) is 0 Å². The van der Waals surface area contributed by atoms with Crippen LogP contribution in [0.25, 0.3) is 0 Å². The Balaban J connectivity index is 2.01. The van der Waals surface area contributed by atoms with Crippen LogP contribution in [0.15, 0.2) is 6.20 Å². The van der Waals surface area contributed by atoms with Crippen molar-refractivity contribution in [1.29, 1.82) is 0 Å². The number of hydrogen-bond donors (Lipinski definition) is 1. The smallest absolute Gasteiger partial charge is 0.105 e. The third-order valence-corrected chi connectivity index (χ3v) is 3.35. The predicted octanol–water partition coefficient (Wildman–Crippen LogP) is 2.26. The van der Waals surface area contributed by atoms with Crippen molar-refractivity contribution in [2.24, 2.45) is 0 Å². The fraction of sp³-hybridized carbons (Fsp3) is 0.786. The van der Waals surface area contributed by atoms with Crippen LogP contribution in [0.2, 0.25) is 0 Å². The molecule has 0 amide bonds. The molecule has 2 heterocycles. The number of imidazole rings is 1. The molecule has 1 aliphatic rings. The normalized spacial score (nSPS) is 20.6. The zero-order chi connectivity index (χ0) is 13.2.